The van der Waals surface area contributed by atoms with Gasteiger partial charge in [0.2, 0.25) is 11.8 Å². The highest BCUT2D eigenvalue weighted by atomic mass is 35.5. The van der Waals surface area contributed by atoms with Gasteiger partial charge >= 0.3 is 0 Å². The number of amides is 2. The highest BCUT2D eigenvalue weighted by Crippen LogP contribution is 2.31. The molecule has 12 heteroatoms. The van der Waals surface area contributed by atoms with Gasteiger partial charge in [0.15, 0.2) is 0 Å². The van der Waals surface area contributed by atoms with Crippen LogP contribution in [0.3, 0.4) is 0 Å². The molecular formula is C30H33Cl4N3O4S. The number of halogens is 4. The Bertz CT molecular complexity index is 1530. The zero-order chi connectivity index (χ0) is 31.2. The van der Waals surface area contributed by atoms with Crippen molar-refractivity contribution in [1.29, 1.82) is 0 Å². The van der Waals surface area contributed by atoms with E-state index < -0.39 is 28.5 Å². The van der Waals surface area contributed by atoms with Gasteiger partial charge in [-0.05, 0) is 67.3 Å². The van der Waals surface area contributed by atoms with Gasteiger partial charge in [0, 0.05) is 23.1 Å². The second-order valence-corrected chi connectivity index (χ2v) is 13.8. The number of anilines is 1. The van der Waals surface area contributed by atoms with Crippen LogP contribution in [0.4, 0.5) is 5.69 Å². The maximum Gasteiger partial charge on any atom is 0.264 e. The molecule has 2 amide bonds. The van der Waals surface area contributed by atoms with E-state index in [4.69, 9.17) is 46.4 Å². The number of nitrogens with zero attached hydrogens (tertiary/aromatic N) is 2. The third kappa shape index (κ3) is 8.54. The van der Waals surface area contributed by atoms with Crippen molar-refractivity contribution in [2.75, 3.05) is 17.4 Å². The van der Waals surface area contributed by atoms with E-state index in [0.29, 0.717) is 22.2 Å². The Morgan fingerprint density at radius 1 is 0.881 bits per heavy atom. The predicted molar refractivity (Wildman–Crippen MR) is 171 cm³/mol. The Morgan fingerprint density at radius 3 is 2.12 bits per heavy atom. The van der Waals surface area contributed by atoms with E-state index in [1.165, 1.54) is 35.2 Å². The summed E-state index contributed by atoms with van der Waals surface area (Å²) in [5, 5.41) is 3.96. The van der Waals surface area contributed by atoms with E-state index in [-0.39, 0.29) is 45.4 Å². The van der Waals surface area contributed by atoms with E-state index in [1.807, 2.05) is 20.8 Å². The summed E-state index contributed by atoms with van der Waals surface area (Å²) >= 11 is 24.9. The third-order valence-corrected chi connectivity index (χ3v) is 9.62. The Hall–Kier alpha value is -2.49. The van der Waals surface area contributed by atoms with Gasteiger partial charge in [-0.2, -0.15) is 0 Å². The molecule has 226 valence electrons. The lowest BCUT2D eigenvalue weighted by Crippen LogP contribution is -2.52. The summed E-state index contributed by atoms with van der Waals surface area (Å²) in [4.78, 5) is 28.8. The molecule has 42 heavy (non-hydrogen) atoms. The summed E-state index contributed by atoms with van der Waals surface area (Å²) in [6.07, 6.45) is 0.276. The van der Waals surface area contributed by atoms with Crippen LogP contribution < -0.4 is 9.62 Å². The van der Waals surface area contributed by atoms with Gasteiger partial charge in [-0.1, -0.05) is 90.9 Å². The molecule has 0 heterocycles. The fourth-order valence-electron chi connectivity index (χ4n) is 4.18. The summed E-state index contributed by atoms with van der Waals surface area (Å²) in [7, 11) is -4.25. The van der Waals surface area contributed by atoms with E-state index in [0.717, 1.165) is 9.87 Å². The minimum atomic E-state index is -4.25. The van der Waals surface area contributed by atoms with Crippen molar-refractivity contribution in [3.63, 3.8) is 0 Å². The molecule has 0 aliphatic carbocycles. The number of rotatable bonds is 12. The van der Waals surface area contributed by atoms with Gasteiger partial charge in [0.1, 0.15) is 12.6 Å². The summed E-state index contributed by atoms with van der Waals surface area (Å²) in [5.74, 6) is -0.785. The number of sulfonamides is 1. The van der Waals surface area contributed by atoms with Crippen LogP contribution in [-0.4, -0.2) is 44.3 Å². The van der Waals surface area contributed by atoms with Gasteiger partial charge in [0.25, 0.3) is 10.0 Å². The van der Waals surface area contributed by atoms with Crippen molar-refractivity contribution in [3.05, 3.63) is 91.9 Å². The molecule has 3 aromatic rings. The first-order valence-electron chi connectivity index (χ1n) is 13.3. The van der Waals surface area contributed by atoms with Crippen molar-refractivity contribution in [2.45, 2.75) is 51.6 Å². The Kier molecular flexibility index (Phi) is 12.0. The molecule has 3 rings (SSSR count). The molecule has 1 N–H and O–H groups in total. The standard InChI is InChI=1S/C30H33Cl4N3O4S/c1-5-28(30(39)35-16-19(2)3)36(17-21-8-9-22(31)14-26(21)33)29(38)18-37(23-10-13-25(32)27(34)15-23)42(40,41)24-11-6-20(4)7-12-24/h6-15,19,28H,5,16-18H2,1-4H3,(H,35,39)/t28-/m1/s1. The lowest BCUT2D eigenvalue weighted by atomic mass is 10.1. The molecule has 0 bridgehead atoms. The minimum absolute atomic E-state index is 0.0130. The third-order valence-electron chi connectivity index (χ3n) is 6.51. The number of hydrogen-bond acceptors (Lipinski definition) is 4. The Labute approximate surface area is 267 Å². The Morgan fingerprint density at radius 2 is 1.55 bits per heavy atom. The molecule has 0 aliphatic rings. The summed E-state index contributed by atoms with van der Waals surface area (Å²) < 4.78 is 28.9. The van der Waals surface area contributed by atoms with Gasteiger partial charge in [-0.15, -0.1) is 0 Å². The molecule has 7 nitrogen and oxygen atoms in total. The second-order valence-electron chi connectivity index (χ2n) is 10.2. The fraction of sp³-hybridized carbons (Fsp3) is 0.333. The topological polar surface area (TPSA) is 86.8 Å². The molecule has 0 radical (unpaired) electrons. The van der Waals surface area contributed by atoms with E-state index in [1.54, 1.807) is 37.3 Å². The Balaban J connectivity index is 2.09. The zero-order valence-electron chi connectivity index (χ0n) is 23.7. The molecule has 1 atom stereocenters. The first-order chi connectivity index (χ1) is 19.7. The van der Waals surface area contributed by atoms with Crippen LogP contribution in [0.15, 0.2) is 65.6 Å². The molecule has 0 spiro atoms. The molecule has 0 fully saturated rings. The number of hydrogen-bond donors (Lipinski definition) is 1. The van der Waals surface area contributed by atoms with Crippen LogP contribution in [0.2, 0.25) is 20.1 Å². The average molecular weight is 673 g/mol. The minimum Gasteiger partial charge on any atom is -0.354 e. The largest absolute Gasteiger partial charge is 0.354 e. The molecule has 0 saturated heterocycles. The molecular weight excluding hydrogens is 640 g/mol. The van der Waals surface area contributed by atoms with E-state index >= 15 is 0 Å². The second kappa shape index (κ2) is 14.8. The van der Waals surface area contributed by atoms with Crippen molar-refractivity contribution >= 4 is 73.9 Å². The molecule has 0 aliphatic heterocycles. The van der Waals surface area contributed by atoms with Crippen LogP contribution in [-0.2, 0) is 26.2 Å². The van der Waals surface area contributed by atoms with Crippen LogP contribution in [0.5, 0.6) is 0 Å². The smallest absolute Gasteiger partial charge is 0.264 e. The average Bonchev–Trinajstić information content (AvgIpc) is 2.93. The van der Waals surface area contributed by atoms with Gasteiger partial charge in [-0.3, -0.25) is 13.9 Å². The monoisotopic (exact) mass is 671 g/mol. The van der Waals surface area contributed by atoms with E-state index in [2.05, 4.69) is 5.32 Å². The van der Waals surface area contributed by atoms with Crippen LogP contribution in [0, 0.1) is 12.8 Å². The molecule has 0 aromatic heterocycles. The summed E-state index contributed by atoms with van der Waals surface area (Å²) in [6.45, 7) is 7.28. The maximum absolute atomic E-state index is 14.1. The fourth-order valence-corrected chi connectivity index (χ4v) is 6.35. The normalized spacial score (nSPS) is 12.2. The van der Waals surface area contributed by atoms with Gasteiger partial charge < -0.3 is 10.2 Å². The van der Waals surface area contributed by atoms with Crippen LogP contribution in [0.1, 0.15) is 38.3 Å². The van der Waals surface area contributed by atoms with Crippen molar-refractivity contribution in [1.82, 2.24) is 10.2 Å². The summed E-state index contributed by atoms with van der Waals surface area (Å²) in [6, 6.07) is 14.5. The lowest BCUT2D eigenvalue weighted by Gasteiger charge is -2.33. The zero-order valence-corrected chi connectivity index (χ0v) is 27.5. The van der Waals surface area contributed by atoms with Crippen molar-refractivity contribution in [3.8, 4) is 0 Å². The van der Waals surface area contributed by atoms with Crippen LogP contribution >= 0.6 is 46.4 Å². The van der Waals surface area contributed by atoms with Crippen LogP contribution in [0.25, 0.3) is 0 Å². The predicted octanol–water partition coefficient (Wildman–Crippen LogP) is 7.38. The highest BCUT2D eigenvalue weighted by Gasteiger charge is 2.34. The molecule has 0 unspecified atom stereocenters. The molecule has 3 aromatic carbocycles. The maximum atomic E-state index is 14.1. The van der Waals surface area contributed by atoms with Crippen molar-refractivity contribution < 1.29 is 18.0 Å². The van der Waals surface area contributed by atoms with Gasteiger partial charge in [0.05, 0.1) is 20.6 Å². The van der Waals surface area contributed by atoms with Crippen molar-refractivity contribution in [2.24, 2.45) is 5.92 Å². The number of carbonyl (C=O) groups excluding carboxylic acids is 2. The number of nitrogens with one attached hydrogen (secondary N) is 1. The number of benzene rings is 3. The van der Waals surface area contributed by atoms with Gasteiger partial charge in [-0.25, -0.2) is 8.42 Å². The highest BCUT2D eigenvalue weighted by molar-refractivity contribution is 7.92. The SMILES string of the molecule is CC[C@H](C(=O)NCC(C)C)N(Cc1ccc(Cl)cc1Cl)C(=O)CN(c1ccc(Cl)c(Cl)c1)S(=O)(=O)c1ccc(C)cc1. The number of carbonyl (C=O) groups is 2. The lowest BCUT2D eigenvalue weighted by molar-refractivity contribution is -0.140. The molecule has 0 saturated carbocycles. The first kappa shape index (κ1) is 34.0. The number of aryl methyl sites for hydroxylation is 1. The first-order valence-corrected chi connectivity index (χ1v) is 16.2. The van der Waals surface area contributed by atoms with E-state index in [9.17, 15) is 18.0 Å². The summed E-state index contributed by atoms with van der Waals surface area (Å²) in [5.41, 5.74) is 1.56. The quantitative estimate of drug-likeness (QED) is 0.218.